The van der Waals surface area contributed by atoms with Crippen molar-refractivity contribution in [2.45, 2.75) is 31.6 Å². The Morgan fingerprint density at radius 1 is 1.23 bits per heavy atom. The van der Waals surface area contributed by atoms with Crippen molar-refractivity contribution in [3.05, 3.63) is 53.5 Å². The number of nitrogens with zero attached hydrogens (tertiary/aromatic N) is 3. The molecule has 8 heteroatoms. The topological polar surface area (TPSA) is 44.8 Å². The molecular formula is C18H18BF3N4. The summed E-state index contributed by atoms with van der Waals surface area (Å²) in [5.74, 6) is 0. The summed E-state index contributed by atoms with van der Waals surface area (Å²) in [5.41, 5.74) is 4.43. The zero-order chi connectivity index (χ0) is 18.5. The molecule has 2 atom stereocenters. The Morgan fingerprint density at radius 2 is 2.04 bits per heavy atom. The molecule has 3 heterocycles. The molecule has 0 amide bonds. The van der Waals surface area contributed by atoms with Crippen LogP contribution in [0, 0.1) is 0 Å². The van der Waals surface area contributed by atoms with E-state index < -0.39 is 18.8 Å². The van der Waals surface area contributed by atoms with Crippen molar-refractivity contribution in [2.24, 2.45) is 0 Å². The van der Waals surface area contributed by atoms with Crippen LogP contribution in [-0.4, -0.2) is 46.7 Å². The Labute approximate surface area is 149 Å². The van der Waals surface area contributed by atoms with E-state index in [1.165, 1.54) is 4.90 Å². The zero-order valence-corrected chi connectivity index (χ0v) is 14.5. The first-order valence-corrected chi connectivity index (χ1v) is 8.53. The number of hydrogen-bond donors (Lipinski definition) is 1. The fourth-order valence-corrected chi connectivity index (χ4v) is 3.85. The lowest BCUT2D eigenvalue weighted by Crippen LogP contribution is -2.47. The molecule has 1 N–H and O–H groups in total. The number of fused-ring (bicyclic) bond motifs is 3. The predicted octanol–water partition coefficient (Wildman–Crippen LogP) is 2.11. The third kappa shape index (κ3) is 2.98. The standard InChI is InChI=1S/C18H18BF3N4/c1-10-6-13-12(3-5-15-14(13)8-24-25-15)17(26(10)9-18(20,21)22)16-4-2-11(19)7-23-16/h2-5,7-8,10,17H,6,9,19H2,1H3,(H,24,25)/t10-,17+/m1/s1. The van der Waals surface area contributed by atoms with Gasteiger partial charge >= 0.3 is 6.18 Å². The van der Waals surface area contributed by atoms with Gasteiger partial charge in [0.25, 0.3) is 0 Å². The van der Waals surface area contributed by atoms with E-state index in [0.717, 1.165) is 27.5 Å². The zero-order valence-electron chi connectivity index (χ0n) is 14.5. The van der Waals surface area contributed by atoms with Crippen molar-refractivity contribution in [3.8, 4) is 0 Å². The van der Waals surface area contributed by atoms with Crippen molar-refractivity contribution >= 4 is 24.2 Å². The predicted molar refractivity (Wildman–Crippen MR) is 96.3 cm³/mol. The van der Waals surface area contributed by atoms with Crippen LogP contribution in [0.3, 0.4) is 0 Å². The SMILES string of the molecule is Bc1ccc([C@@H]2c3ccc4[nH]ncc4c3C[C@@H](C)N2CC(F)(F)F)nc1. The van der Waals surface area contributed by atoms with Crippen molar-refractivity contribution in [2.75, 3.05) is 6.54 Å². The maximum absolute atomic E-state index is 13.3. The molecule has 134 valence electrons. The Balaban J connectivity index is 1.89. The third-order valence-corrected chi connectivity index (χ3v) is 5.04. The van der Waals surface area contributed by atoms with Crippen LogP contribution in [0.1, 0.15) is 29.8 Å². The van der Waals surface area contributed by atoms with Crippen molar-refractivity contribution < 1.29 is 13.2 Å². The van der Waals surface area contributed by atoms with Gasteiger partial charge in [-0.25, -0.2) is 0 Å². The van der Waals surface area contributed by atoms with Gasteiger partial charge in [0, 0.05) is 17.6 Å². The van der Waals surface area contributed by atoms with Gasteiger partial charge in [0.1, 0.15) is 7.85 Å². The number of H-pyrrole nitrogens is 1. The molecule has 1 aliphatic heterocycles. The van der Waals surface area contributed by atoms with E-state index in [0.29, 0.717) is 12.1 Å². The number of nitrogens with one attached hydrogen (secondary N) is 1. The molecule has 0 fully saturated rings. The number of pyridine rings is 1. The lowest BCUT2D eigenvalue weighted by molar-refractivity contribution is -0.155. The van der Waals surface area contributed by atoms with Crippen LogP contribution in [0.2, 0.25) is 0 Å². The highest BCUT2D eigenvalue weighted by Gasteiger charge is 2.41. The highest BCUT2D eigenvalue weighted by atomic mass is 19.4. The van der Waals surface area contributed by atoms with Gasteiger partial charge in [0.05, 0.1) is 30.0 Å². The second kappa shape index (κ2) is 6.12. The van der Waals surface area contributed by atoms with Gasteiger partial charge in [-0.2, -0.15) is 18.3 Å². The minimum absolute atomic E-state index is 0.266. The second-order valence-electron chi connectivity index (χ2n) is 6.97. The number of alkyl halides is 3. The fraction of sp³-hybridized carbons (Fsp3) is 0.333. The summed E-state index contributed by atoms with van der Waals surface area (Å²) < 4.78 is 39.8. The van der Waals surface area contributed by atoms with Crippen molar-refractivity contribution in [3.63, 3.8) is 0 Å². The van der Waals surface area contributed by atoms with Crippen LogP contribution in [0.5, 0.6) is 0 Å². The Bertz CT molecular complexity index is 936. The molecule has 1 aliphatic rings. The average Bonchev–Trinajstić information content (AvgIpc) is 3.05. The molecule has 2 aromatic heterocycles. The van der Waals surface area contributed by atoms with Crippen molar-refractivity contribution in [1.29, 1.82) is 0 Å². The van der Waals surface area contributed by atoms with Gasteiger partial charge in [-0.05, 0) is 36.6 Å². The summed E-state index contributed by atoms with van der Waals surface area (Å²) >= 11 is 0. The first-order valence-electron chi connectivity index (χ1n) is 8.53. The lowest BCUT2D eigenvalue weighted by atomic mass is 9.84. The molecule has 4 nitrogen and oxygen atoms in total. The molecule has 0 radical (unpaired) electrons. The monoisotopic (exact) mass is 358 g/mol. The summed E-state index contributed by atoms with van der Waals surface area (Å²) in [6.45, 7) is 0.881. The number of aromatic amines is 1. The maximum atomic E-state index is 13.3. The fourth-order valence-electron chi connectivity index (χ4n) is 3.85. The van der Waals surface area contributed by atoms with Gasteiger partial charge in [-0.15, -0.1) is 0 Å². The molecule has 1 aromatic carbocycles. The highest BCUT2D eigenvalue weighted by molar-refractivity contribution is 6.32. The van der Waals surface area contributed by atoms with E-state index in [9.17, 15) is 13.2 Å². The van der Waals surface area contributed by atoms with Crippen LogP contribution >= 0.6 is 0 Å². The number of hydrogen-bond acceptors (Lipinski definition) is 3. The van der Waals surface area contributed by atoms with E-state index >= 15 is 0 Å². The summed E-state index contributed by atoms with van der Waals surface area (Å²) in [7, 11) is 1.91. The Morgan fingerprint density at radius 3 is 2.73 bits per heavy atom. The second-order valence-corrected chi connectivity index (χ2v) is 6.97. The summed E-state index contributed by atoms with van der Waals surface area (Å²) in [6, 6.07) is 6.70. The van der Waals surface area contributed by atoms with E-state index in [2.05, 4.69) is 15.2 Å². The van der Waals surface area contributed by atoms with Crippen LogP contribution in [0.4, 0.5) is 13.2 Å². The largest absolute Gasteiger partial charge is 0.401 e. The van der Waals surface area contributed by atoms with Gasteiger partial charge < -0.3 is 0 Å². The molecule has 3 aromatic rings. The Hall–Kier alpha value is -2.35. The molecule has 0 aliphatic carbocycles. The summed E-state index contributed by atoms with van der Waals surface area (Å²) in [4.78, 5) is 5.96. The van der Waals surface area contributed by atoms with E-state index in [1.807, 2.05) is 39.0 Å². The number of halogens is 3. The maximum Gasteiger partial charge on any atom is 0.401 e. The average molecular weight is 358 g/mol. The number of aromatic nitrogens is 3. The number of rotatable bonds is 2. The van der Waals surface area contributed by atoms with Gasteiger partial charge in [0.2, 0.25) is 0 Å². The molecule has 0 bridgehead atoms. The molecule has 0 saturated carbocycles. The molecule has 0 saturated heterocycles. The normalized spacial score (nSPS) is 21.1. The van der Waals surface area contributed by atoms with Crippen molar-refractivity contribution in [1.82, 2.24) is 20.1 Å². The van der Waals surface area contributed by atoms with Crippen LogP contribution < -0.4 is 5.46 Å². The quantitative estimate of drug-likeness (QED) is 0.714. The number of benzene rings is 1. The van der Waals surface area contributed by atoms with E-state index in [-0.39, 0.29) is 6.04 Å². The highest BCUT2D eigenvalue weighted by Crippen LogP contribution is 2.40. The van der Waals surface area contributed by atoms with Crippen LogP contribution in [-0.2, 0) is 6.42 Å². The molecule has 26 heavy (non-hydrogen) atoms. The third-order valence-electron chi connectivity index (χ3n) is 5.04. The minimum atomic E-state index is -4.27. The van der Waals surface area contributed by atoms with Crippen LogP contribution in [0.25, 0.3) is 10.9 Å². The molecule has 4 rings (SSSR count). The molecule has 0 unspecified atom stereocenters. The van der Waals surface area contributed by atoms with E-state index in [4.69, 9.17) is 0 Å². The Kier molecular flexibility index (Phi) is 4.02. The summed E-state index contributed by atoms with van der Waals surface area (Å²) in [6.07, 6.45) is -0.268. The summed E-state index contributed by atoms with van der Waals surface area (Å²) in [5, 5.41) is 8.00. The first kappa shape index (κ1) is 17.1. The smallest absolute Gasteiger partial charge is 0.279 e. The van der Waals surface area contributed by atoms with Gasteiger partial charge in [-0.3, -0.25) is 15.0 Å². The van der Waals surface area contributed by atoms with Crippen LogP contribution in [0.15, 0.2) is 36.7 Å². The molecular weight excluding hydrogens is 340 g/mol. The van der Waals surface area contributed by atoms with Gasteiger partial charge in [0.15, 0.2) is 0 Å². The van der Waals surface area contributed by atoms with E-state index in [1.54, 1.807) is 12.4 Å². The lowest BCUT2D eigenvalue weighted by Gasteiger charge is -2.42. The first-order chi connectivity index (χ1) is 12.3. The van der Waals surface area contributed by atoms with Gasteiger partial charge in [-0.1, -0.05) is 17.6 Å². The minimum Gasteiger partial charge on any atom is -0.279 e. The molecule has 0 spiro atoms.